The quantitative estimate of drug-likeness (QED) is 0.715. The van der Waals surface area contributed by atoms with Crippen LogP contribution < -0.4 is 5.32 Å². The molecule has 26 heavy (non-hydrogen) atoms. The van der Waals surface area contributed by atoms with Crippen LogP contribution in [-0.4, -0.2) is 44.6 Å². The number of carbonyl (C=O) groups is 1. The van der Waals surface area contributed by atoms with Crippen molar-refractivity contribution in [2.45, 2.75) is 26.3 Å². The normalized spacial score (nSPS) is 12.0. The van der Waals surface area contributed by atoms with E-state index in [1.165, 1.54) is 4.90 Å². The van der Waals surface area contributed by atoms with Gasteiger partial charge >= 0.3 is 6.03 Å². The van der Waals surface area contributed by atoms with Crippen LogP contribution in [0, 0.1) is 6.92 Å². The van der Waals surface area contributed by atoms with Gasteiger partial charge in [0.05, 0.1) is 5.01 Å². The maximum absolute atomic E-state index is 12.3. The number of thiazole rings is 1. The number of aryl methyl sites for hydroxylation is 1. The molecular formula is C17H20N6O2S. The second-order valence-electron chi connectivity index (χ2n) is 6.00. The first kappa shape index (κ1) is 18.0. The number of urea groups is 1. The van der Waals surface area contributed by atoms with E-state index < -0.39 is 0 Å². The third-order valence-corrected chi connectivity index (χ3v) is 4.89. The number of aromatic nitrogens is 4. The van der Waals surface area contributed by atoms with E-state index in [1.54, 1.807) is 30.6 Å². The number of nitrogens with one attached hydrogen (secondary N) is 1. The largest absolute Gasteiger partial charge is 0.337 e. The van der Waals surface area contributed by atoms with Crippen LogP contribution in [-0.2, 0) is 6.54 Å². The Hall–Kier alpha value is -2.81. The van der Waals surface area contributed by atoms with Gasteiger partial charge in [-0.15, -0.1) is 11.3 Å². The molecule has 0 aliphatic carbocycles. The minimum Gasteiger partial charge on any atom is -0.337 e. The van der Waals surface area contributed by atoms with Crippen molar-refractivity contribution in [2.24, 2.45) is 0 Å². The van der Waals surface area contributed by atoms with Crippen LogP contribution in [0.4, 0.5) is 4.79 Å². The molecule has 3 heterocycles. The highest BCUT2D eigenvalue weighted by molar-refractivity contribution is 7.09. The number of nitrogens with zero attached hydrogens (tertiary/aromatic N) is 5. The van der Waals surface area contributed by atoms with Gasteiger partial charge in [-0.25, -0.2) is 9.78 Å². The van der Waals surface area contributed by atoms with Crippen molar-refractivity contribution < 1.29 is 9.32 Å². The van der Waals surface area contributed by atoms with E-state index in [2.05, 4.69) is 25.4 Å². The number of hydrogen-bond donors (Lipinski definition) is 1. The van der Waals surface area contributed by atoms with Gasteiger partial charge in [0.25, 0.3) is 0 Å². The molecule has 0 aromatic carbocycles. The SMILES string of the molecule is Cc1csc(C(C)CNC(=O)N(C)Cc2nc(-c3ccccn3)no2)n1. The molecule has 8 nitrogen and oxygen atoms in total. The lowest BCUT2D eigenvalue weighted by Crippen LogP contribution is -2.38. The molecule has 3 aromatic heterocycles. The summed E-state index contributed by atoms with van der Waals surface area (Å²) in [6, 6.07) is 5.26. The molecule has 0 bridgehead atoms. The molecule has 2 amide bonds. The molecular weight excluding hydrogens is 352 g/mol. The molecule has 0 spiro atoms. The zero-order valence-corrected chi connectivity index (χ0v) is 15.7. The van der Waals surface area contributed by atoms with Gasteiger partial charge < -0.3 is 14.7 Å². The van der Waals surface area contributed by atoms with Crippen LogP contribution in [0.3, 0.4) is 0 Å². The molecule has 1 N–H and O–H groups in total. The minimum absolute atomic E-state index is 0.158. The maximum Gasteiger partial charge on any atom is 0.317 e. The monoisotopic (exact) mass is 372 g/mol. The van der Waals surface area contributed by atoms with E-state index in [4.69, 9.17) is 4.52 Å². The summed E-state index contributed by atoms with van der Waals surface area (Å²) in [5.74, 6) is 0.916. The summed E-state index contributed by atoms with van der Waals surface area (Å²) in [7, 11) is 1.68. The van der Waals surface area contributed by atoms with Crippen LogP contribution in [0.1, 0.15) is 29.4 Å². The number of amides is 2. The number of rotatable bonds is 6. The van der Waals surface area contributed by atoms with E-state index in [1.807, 2.05) is 31.4 Å². The van der Waals surface area contributed by atoms with Crippen molar-refractivity contribution in [1.82, 2.24) is 30.3 Å². The molecule has 0 fully saturated rings. The summed E-state index contributed by atoms with van der Waals surface area (Å²) in [4.78, 5) is 26.7. The fraction of sp³-hybridized carbons (Fsp3) is 0.353. The molecule has 9 heteroatoms. The van der Waals surface area contributed by atoms with Crippen molar-refractivity contribution in [1.29, 1.82) is 0 Å². The predicted octanol–water partition coefficient (Wildman–Crippen LogP) is 2.84. The van der Waals surface area contributed by atoms with Crippen LogP contribution >= 0.6 is 11.3 Å². The third kappa shape index (κ3) is 4.42. The van der Waals surface area contributed by atoms with Crippen molar-refractivity contribution in [2.75, 3.05) is 13.6 Å². The summed E-state index contributed by atoms with van der Waals surface area (Å²) in [5.41, 5.74) is 1.63. The fourth-order valence-corrected chi connectivity index (χ4v) is 3.11. The first-order valence-electron chi connectivity index (χ1n) is 8.18. The lowest BCUT2D eigenvalue weighted by molar-refractivity contribution is 0.199. The number of carbonyl (C=O) groups excluding carboxylic acids is 1. The zero-order valence-electron chi connectivity index (χ0n) is 14.8. The van der Waals surface area contributed by atoms with Crippen molar-refractivity contribution in [3.63, 3.8) is 0 Å². The van der Waals surface area contributed by atoms with E-state index >= 15 is 0 Å². The molecule has 3 aromatic rings. The second-order valence-corrected chi connectivity index (χ2v) is 6.89. The Kier molecular flexibility index (Phi) is 5.57. The summed E-state index contributed by atoms with van der Waals surface area (Å²) in [6.45, 7) is 4.73. The summed E-state index contributed by atoms with van der Waals surface area (Å²) >= 11 is 1.61. The van der Waals surface area contributed by atoms with Gasteiger partial charge in [0.15, 0.2) is 0 Å². The van der Waals surface area contributed by atoms with E-state index in [9.17, 15) is 4.79 Å². The highest BCUT2D eigenvalue weighted by Gasteiger charge is 2.16. The molecule has 0 saturated heterocycles. The smallest absolute Gasteiger partial charge is 0.317 e. The molecule has 3 rings (SSSR count). The Morgan fingerprint density at radius 1 is 1.38 bits per heavy atom. The van der Waals surface area contributed by atoms with E-state index in [0.717, 1.165) is 10.7 Å². The predicted molar refractivity (Wildman–Crippen MR) is 97.7 cm³/mol. The lowest BCUT2D eigenvalue weighted by atomic mass is 10.2. The van der Waals surface area contributed by atoms with E-state index in [-0.39, 0.29) is 18.5 Å². The summed E-state index contributed by atoms with van der Waals surface area (Å²) in [6.07, 6.45) is 1.66. The second kappa shape index (κ2) is 8.05. The Morgan fingerprint density at radius 3 is 2.92 bits per heavy atom. The highest BCUT2D eigenvalue weighted by Crippen LogP contribution is 2.19. The molecule has 1 atom stereocenters. The van der Waals surface area contributed by atoms with Crippen LogP contribution in [0.25, 0.3) is 11.5 Å². The maximum atomic E-state index is 12.3. The van der Waals surface area contributed by atoms with Crippen molar-refractivity contribution in [3.8, 4) is 11.5 Å². The Morgan fingerprint density at radius 2 is 2.23 bits per heavy atom. The van der Waals surface area contributed by atoms with Crippen molar-refractivity contribution >= 4 is 17.4 Å². The minimum atomic E-state index is -0.206. The molecule has 1 unspecified atom stereocenters. The fourth-order valence-electron chi connectivity index (χ4n) is 2.25. The lowest BCUT2D eigenvalue weighted by Gasteiger charge is -2.17. The molecule has 0 saturated carbocycles. The van der Waals surface area contributed by atoms with E-state index in [0.29, 0.717) is 24.0 Å². The number of hydrogen-bond acceptors (Lipinski definition) is 7. The first-order chi connectivity index (χ1) is 12.5. The van der Waals surface area contributed by atoms with Gasteiger partial charge in [-0.05, 0) is 19.1 Å². The molecule has 0 aliphatic rings. The zero-order chi connectivity index (χ0) is 18.5. The highest BCUT2D eigenvalue weighted by atomic mass is 32.1. The standard InChI is InChI=1S/C17H20N6O2S/c1-11(16-20-12(2)10-26-16)8-19-17(24)23(3)9-14-21-15(22-25-14)13-6-4-5-7-18-13/h4-7,10-11H,8-9H2,1-3H3,(H,19,24). The van der Waals surface area contributed by atoms with Gasteiger partial charge in [-0.2, -0.15) is 4.98 Å². The summed E-state index contributed by atoms with van der Waals surface area (Å²) < 4.78 is 5.21. The first-order valence-corrected chi connectivity index (χ1v) is 9.06. The Labute approximate surface area is 155 Å². The van der Waals surface area contributed by atoms with Gasteiger partial charge in [-0.3, -0.25) is 4.98 Å². The average Bonchev–Trinajstić information content (AvgIpc) is 3.29. The number of pyridine rings is 1. The molecule has 0 radical (unpaired) electrons. The topological polar surface area (TPSA) is 97.0 Å². The van der Waals surface area contributed by atoms with Gasteiger partial charge in [0.2, 0.25) is 11.7 Å². The van der Waals surface area contributed by atoms with Gasteiger partial charge in [-0.1, -0.05) is 18.1 Å². The Balaban J connectivity index is 1.52. The van der Waals surface area contributed by atoms with Gasteiger partial charge in [0.1, 0.15) is 12.2 Å². The summed E-state index contributed by atoms with van der Waals surface area (Å²) in [5, 5.41) is 9.83. The Bertz CT molecular complexity index is 863. The molecule has 0 aliphatic heterocycles. The third-order valence-electron chi connectivity index (χ3n) is 3.70. The molecule has 136 valence electrons. The average molecular weight is 372 g/mol. The van der Waals surface area contributed by atoms with Crippen LogP contribution in [0.5, 0.6) is 0 Å². The van der Waals surface area contributed by atoms with Crippen molar-refractivity contribution in [3.05, 3.63) is 46.4 Å². The van der Waals surface area contributed by atoms with Crippen LogP contribution in [0.2, 0.25) is 0 Å². The van der Waals surface area contributed by atoms with Gasteiger partial charge in [0, 0.05) is 36.8 Å². The van der Waals surface area contributed by atoms with Crippen LogP contribution in [0.15, 0.2) is 34.3 Å².